The van der Waals surface area contributed by atoms with E-state index in [1.165, 1.54) is 70.1 Å². The topological polar surface area (TPSA) is 16.4 Å². The number of hydrogen-bond acceptors (Lipinski definition) is 3. The zero-order valence-electron chi connectivity index (χ0n) is 34.2. The summed E-state index contributed by atoms with van der Waals surface area (Å²) >= 11 is 1.83. The Bertz CT molecular complexity index is 3460. The summed E-state index contributed by atoms with van der Waals surface area (Å²) in [5, 5.41) is 5.95. The first-order valence-electron chi connectivity index (χ1n) is 21.1. The van der Waals surface area contributed by atoms with E-state index in [9.17, 15) is 0 Å². The van der Waals surface area contributed by atoms with Gasteiger partial charge < -0.3 is 9.32 Å². The van der Waals surface area contributed by atoms with E-state index < -0.39 is 0 Å². The van der Waals surface area contributed by atoms with Crippen LogP contribution in [0, 0.1) is 6.92 Å². The molecule has 0 bridgehead atoms. The summed E-state index contributed by atoms with van der Waals surface area (Å²) in [7, 11) is 0. The highest BCUT2D eigenvalue weighted by Crippen LogP contribution is 2.42. The molecule has 294 valence electrons. The van der Waals surface area contributed by atoms with E-state index in [4.69, 9.17) is 4.42 Å². The van der Waals surface area contributed by atoms with Crippen LogP contribution in [0.5, 0.6) is 0 Å². The van der Waals surface area contributed by atoms with Crippen LogP contribution >= 0.6 is 11.3 Å². The second kappa shape index (κ2) is 16.0. The van der Waals surface area contributed by atoms with Crippen LogP contribution in [-0.4, -0.2) is 0 Å². The molecule has 11 aromatic rings. The summed E-state index contributed by atoms with van der Waals surface area (Å²) < 4.78 is 7.53. The number of nitrogens with zero attached hydrogens (tertiary/aromatic N) is 1. The van der Waals surface area contributed by atoms with E-state index in [1.54, 1.807) is 0 Å². The molecule has 9 aromatic carbocycles. The van der Waals surface area contributed by atoms with Gasteiger partial charge in [-0.1, -0.05) is 164 Å². The number of hydrogen-bond donors (Lipinski definition) is 0. The van der Waals surface area contributed by atoms with Gasteiger partial charge in [0.15, 0.2) is 0 Å². The molecule has 0 unspecified atom stereocenters. The van der Waals surface area contributed by atoms with Gasteiger partial charge >= 0.3 is 0 Å². The molecule has 0 aliphatic heterocycles. The highest BCUT2D eigenvalue weighted by molar-refractivity contribution is 7.18. The Labute approximate surface area is 365 Å². The molecule has 2 aromatic heterocycles. The first kappa shape index (κ1) is 37.3. The van der Waals surface area contributed by atoms with Gasteiger partial charge in [-0.2, -0.15) is 0 Å². The first-order chi connectivity index (χ1) is 30.6. The lowest BCUT2D eigenvalue weighted by Crippen LogP contribution is -2.09. The second-order valence-electron chi connectivity index (χ2n) is 15.7. The van der Waals surface area contributed by atoms with E-state index in [0.29, 0.717) is 0 Å². The van der Waals surface area contributed by atoms with Crippen molar-refractivity contribution in [2.45, 2.75) is 6.92 Å². The monoisotopic (exact) mass is 811 g/mol. The number of fused-ring (bicyclic) bond motifs is 6. The standard InChI is InChI=1S/C59H41NOS/c1-40-51(20-10-8-16-45-17-9-13-23-58(45)62-40)42-26-32-49(33-27-42)60(48-18-6-3-7-19-48)50-34-28-43(29-35-50)52-36-30-47(38-54(52)41-14-4-2-5-15-41)46-25-24-44-31-37-57-59(55(44)39-46)53-21-11-12-22-56(53)61-57/h2-39H,1H3. The summed E-state index contributed by atoms with van der Waals surface area (Å²) in [6.45, 7) is 2.22. The minimum absolute atomic E-state index is 0.914. The molecule has 62 heavy (non-hydrogen) atoms. The van der Waals surface area contributed by atoms with Gasteiger partial charge in [-0.05, 0) is 134 Å². The SMILES string of the molecule is Cc1sc2ccccc2ccccc1-c1ccc(N(c2ccccc2)c2ccc(-c3ccc(-c4ccc5ccc6oc7ccccc7c6c5c4)cc3-c3ccccc3)cc2)cc1. The highest BCUT2D eigenvalue weighted by atomic mass is 32.1. The fraction of sp³-hybridized carbons (Fsp3) is 0.0169. The molecule has 0 radical (unpaired) electrons. The molecule has 11 rings (SSSR count). The summed E-state index contributed by atoms with van der Waals surface area (Å²) in [4.78, 5) is 3.60. The average molecular weight is 812 g/mol. The third-order valence-electron chi connectivity index (χ3n) is 11.9. The molecule has 2 heterocycles. The maximum absolute atomic E-state index is 6.26. The van der Waals surface area contributed by atoms with Gasteiger partial charge in [-0.25, -0.2) is 0 Å². The summed E-state index contributed by atoms with van der Waals surface area (Å²) in [6.07, 6.45) is 0. The van der Waals surface area contributed by atoms with Crippen LogP contribution < -0.4 is 4.90 Å². The van der Waals surface area contributed by atoms with Crippen molar-refractivity contribution >= 4 is 71.2 Å². The predicted octanol–water partition coefficient (Wildman–Crippen LogP) is 17.5. The minimum atomic E-state index is 0.914. The van der Waals surface area contributed by atoms with Crippen molar-refractivity contribution in [3.8, 4) is 44.5 Å². The van der Waals surface area contributed by atoms with Crippen LogP contribution in [-0.2, 0) is 0 Å². The average Bonchev–Trinajstić information content (AvgIpc) is 3.75. The number of benzene rings is 9. The van der Waals surface area contributed by atoms with Crippen LogP contribution in [0.15, 0.2) is 235 Å². The second-order valence-corrected chi connectivity index (χ2v) is 16.9. The lowest BCUT2D eigenvalue weighted by Gasteiger charge is -2.26. The Morgan fingerprint density at radius 3 is 1.66 bits per heavy atom. The van der Waals surface area contributed by atoms with Crippen molar-refractivity contribution in [1.29, 1.82) is 0 Å². The van der Waals surface area contributed by atoms with Crippen molar-refractivity contribution < 1.29 is 4.42 Å². The molecular weight excluding hydrogens is 771 g/mol. The number of aryl methyl sites for hydroxylation is 1. The van der Waals surface area contributed by atoms with Crippen molar-refractivity contribution in [3.63, 3.8) is 0 Å². The quantitative estimate of drug-likeness (QED) is 0.159. The Hall–Kier alpha value is -7.72. The van der Waals surface area contributed by atoms with Gasteiger partial charge in [0.05, 0.1) is 0 Å². The molecule has 0 amide bonds. The Kier molecular flexibility index (Phi) is 9.65. The van der Waals surface area contributed by atoms with Crippen LogP contribution in [0.4, 0.5) is 17.1 Å². The molecule has 0 saturated carbocycles. The van der Waals surface area contributed by atoms with Gasteiger partial charge in [0, 0.05) is 37.4 Å². The van der Waals surface area contributed by atoms with Crippen molar-refractivity contribution in [2.75, 3.05) is 4.90 Å². The van der Waals surface area contributed by atoms with Gasteiger partial charge in [-0.15, -0.1) is 11.3 Å². The third kappa shape index (κ3) is 6.99. The van der Waals surface area contributed by atoms with E-state index in [0.717, 1.165) is 39.2 Å². The zero-order chi connectivity index (χ0) is 41.4. The molecule has 0 saturated heterocycles. The first-order valence-corrected chi connectivity index (χ1v) is 21.9. The third-order valence-corrected chi connectivity index (χ3v) is 13.0. The molecule has 0 aliphatic carbocycles. The summed E-state index contributed by atoms with van der Waals surface area (Å²) in [6, 6.07) is 82.9. The molecular formula is C59H41NOS. The van der Waals surface area contributed by atoms with Gasteiger partial charge in [0.1, 0.15) is 11.2 Å². The smallest absolute Gasteiger partial charge is 0.136 e. The fourth-order valence-electron chi connectivity index (χ4n) is 8.82. The Morgan fingerprint density at radius 1 is 0.355 bits per heavy atom. The largest absolute Gasteiger partial charge is 0.456 e. The normalized spacial score (nSPS) is 11.3. The fourth-order valence-corrected chi connectivity index (χ4v) is 9.84. The lowest BCUT2D eigenvalue weighted by molar-refractivity contribution is 0.669. The number of rotatable bonds is 7. The van der Waals surface area contributed by atoms with E-state index in [1.807, 2.05) is 23.5 Å². The van der Waals surface area contributed by atoms with Crippen molar-refractivity contribution in [1.82, 2.24) is 0 Å². The lowest BCUT2D eigenvalue weighted by atomic mass is 9.90. The number of furan rings is 1. The molecule has 0 spiro atoms. The molecule has 2 nitrogen and oxygen atoms in total. The minimum Gasteiger partial charge on any atom is -0.456 e. The van der Waals surface area contributed by atoms with Gasteiger partial charge in [-0.3, -0.25) is 0 Å². The van der Waals surface area contributed by atoms with Crippen molar-refractivity contribution in [3.05, 3.63) is 235 Å². The maximum Gasteiger partial charge on any atom is 0.136 e. The summed E-state index contributed by atoms with van der Waals surface area (Å²) in [5.41, 5.74) is 14.6. The molecule has 3 heteroatoms. The predicted molar refractivity (Wildman–Crippen MR) is 265 cm³/mol. The highest BCUT2D eigenvalue weighted by Gasteiger charge is 2.16. The molecule has 0 fully saturated rings. The zero-order valence-corrected chi connectivity index (χ0v) is 35.0. The molecule has 0 atom stereocenters. The van der Waals surface area contributed by atoms with Crippen LogP contribution in [0.2, 0.25) is 0 Å². The van der Waals surface area contributed by atoms with E-state index in [2.05, 4.69) is 230 Å². The van der Waals surface area contributed by atoms with Gasteiger partial charge in [0.25, 0.3) is 0 Å². The number of para-hydroxylation sites is 2. The number of anilines is 3. The molecule has 0 aliphatic rings. The van der Waals surface area contributed by atoms with Crippen molar-refractivity contribution in [2.24, 2.45) is 0 Å². The van der Waals surface area contributed by atoms with E-state index in [-0.39, 0.29) is 0 Å². The summed E-state index contributed by atoms with van der Waals surface area (Å²) in [5.74, 6) is 0. The van der Waals surface area contributed by atoms with Crippen LogP contribution in [0.25, 0.3) is 87.3 Å². The van der Waals surface area contributed by atoms with E-state index >= 15 is 0 Å². The van der Waals surface area contributed by atoms with Crippen LogP contribution in [0.3, 0.4) is 0 Å². The maximum atomic E-state index is 6.26. The molecule has 0 N–H and O–H groups in total. The van der Waals surface area contributed by atoms with Gasteiger partial charge in [0.2, 0.25) is 0 Å². The Morgan fingerprint density at radius 2 is 0.903 bits per heavy atom. The van der Waals surface area contributed by atoms with Crippen LogP contribution in [0.1, 0.15) is 4.88 Å². The Balaban J connectivity index is 0.966.